The van der Waals surface area contributed by atoms with Gasteiger partial charge < -0.3 is 11.5 Å². The van der Waals surface area contributed by atoms with Gasteiger partial charge in [-0.25, -0.2) is 15.0 Å². The van der Waals surface area contributed by atoms with Gasteiger partial charge in [-0.3, -0.25) is 0 Å². The Kier molecular flexibility index (Phi) is 2.63. The van der Waals surface area contributed by atoms with Gasteiger partial charge in [0.2, 0.25) is 5.95 Å². The van der Waals surface area contributed by atoms with Crippen LogP contribution in [0.5, 0.6) is 0 Å². The van der Waals surface area contributed by atoms with E-state index in [0.29, 0.717) is 12.3 Å². The SMILES string of the molecule is NC1=NC=NC2=CC=C(c3cnc(F)c(N)c3)CC21. The van der Waals surface area contributed by atoms with Crippen LogP contribution in [0.25, 0.3) is 5.57 Å². The first-order valence-electron chi connectivity index (χ1n) is 5.83. The van der Waals surface area contributed by atoms with E-state index in [9.17, 15) is 4.39 Å². The molecule has 4 N–H and O–H groups in total. The molecule has 0 spiro atoms. The van der Waals surface area contributed by atoms with Gasteiger partial charge in [0.15, 0.2) is 0 Å². The molecule has 1 atom stereocenters. The lowest BCUT2D eigenvalue weighted by molar-refractivity contribution is 0.588. The minimum atomic E-state index is -0.653. The van der Waals surface area contributed by atoms with Crippen molar-refractivity contribution in [3.05, 3.63) is 41.6 Å². The van der Waals surface area contributed by atoms with Gasteiger partial charge in [-0.05, 0) is 29.7 Å². The molecule has 0 saturated heterocycles. The summed E-state index contributed by atoms with van der Waals surface area (Å²) in [5.41, 5.74) is 14.1. The number of pyridine rings is 1. The minimum absolute atomic E-state index is 0.0312. The second-order valence-corrected chi connectivity index (χ2v) is 4.44. The number of anilines is 1. The molecular formula is C13H12FN5. The number of rotatable bonds is 1. The van der Waals surface area contributed by atoms with E-state index in [1.165, 1.54) is 12.5 Å². The monoisotopic (exact) mass is 257 g/mol. The molecule has 6 heteroatoms. The predicted octanol–water partition coefficient (Wildman–Crippen LogP) is 1.49. The largest absolute Gasteiger partial charge is 0.395 e. The summed E-state index contributed by atoms with van der Waals surface area (Å²) in [7, 11) is 0. The van der Waals surface area contributed by atoms with Gasteiger partial charge in [-0.15, -0.1) is 0 Å². The predicted molar refractivity (Wildman–Crippen MR) is 72.9 cm³/mol. The van der Waals surface area contributed by atoms with Crippen molar-refractivity contribution < 1.29 is 4.39 Å². The number of amidine groups is 1. The minimum Gasteiger partial charge on any atom is -0.395 e. The van der Waals surface area contributed by atoms with Crippen molar-refractivity contribution in [3.8, 4) is 0 Å². The van der Waals surface area contributed by atoms with Gasteiger partial charge in [-0.2, -0.15) is 4.39 Å². The molecule has 1 aromatic rings. The fourth-order valence-electron chi connectivity index (χ4n) is 2.19. The maximum absolute atomic E-state index is 13.1. The maximum atomic E-state index is 13.1. The Morgan fingerprint density at radius 2 is 2.11 bits per heavy atom. The first-order valence-corrected chi connectivity index (χ1v) is 5.83. The van der Waals surface area contributed by atoms with Crippen molar-refractivity contribution in [3.63, 3.8) is 0 Å². The summed E-state index contributed by atoms with van der Waals surface area (Å²) in [6.07, 6.45) is 7.40. The zero-order valence-corrected chi connectivity index (χ0v) is 10.0. The Bertz CT molecular complexity index is 657. The van der Waals surface area contributed by atoms with Crippen molar-refractivity contribution in [2.24, 2.45) is 21.6 Å². The van der Waals surface area contributed by atoms with Gasteiger partial charge in [0, 0.05) is 6.20 Å². The van der Waals surface area contributed by atoms with E-state index in [4.69, 9.17) is 11.5 Å². The lowest BCUT2D eigenvalue weighted by atomic mass is 9.87. The molecule has 0 aromatic carbocycles. The number of nitrogens with two attached hydrogens (primary N) is 2. The molecule has 5 nitrogen and oxygen atoms in total. The van der Waals surface area contributed by atoms with E-state index in [1.807, 2.05) is 12.2 Å². The summed E-state index contributed by atoms with van der Waals surface area (Å²) in [5, 5.41) is 0. The molecular weight excluding hydrogens is 245 g/mol. The average Bonchev–Trinajstić information content (AvgIpc) is 2.42. The number of fused-ring (bicyclic) bond motifs is 1. The summed E-state index contributed by atoms with van der Waals surface area (Å²) < 4.78 is 13.1. The Morgan fingerprint density at radius 3 is 2.89 bits per heavy atom. The van der Waals surface area contributed by atoms with E-state index >= 15 is 0 Å². The second kappa shape index (κ2) is 4.31. The van der Waals surface area contributed by atoms with E-state index in [2.05, 4.69) is 15.0 Å². The lowest BCUT2D eigenvalue weighted by Gasteiger charge is -2.24. The third kappa shape index (κ3) is 2.01. The summed E-state index contributed by atoms with van der Waals surface area (Å²) in [6, 6.07) is 1.58. The fraction of sp³-hybridized carbons (Fsp3) is 0.154. The summed E-state index contributed by atoms with van der Waals surface area (Å²) in [4.78, 5) is 11.8. The van der Waals surface area contributed by atoms with Crippen LogP contribution in [0, 0.1) is 11.9 Å². The third-order valence-corrected chi connectivity index (χ3v) is 3.24. The number of hydrogen-bond acceptors (Lipinski definition) is 5. The molecule has 1 aliphatic carbocycles. The summed E-state index contributed by atoms with van der Waals surface area (Å²) >= 11 is 0. The first kappa shape index (κ1) is 11.6. The van der Waals surface area contributed by atoms with Crippen molar-refractivity contribution in [1.82, 2.24) is 4.98 Å². The van der Waals surface area contributed by atoms with Crippen LogP contribution in [0.4, 0.5) is 10.1 Å². The Morgan fingerprint density at radius 1 is 1.26 bits per heavy atom. The van der Waals surface area contributed by atoms with E-state index in [1.54, 1.807) is 6.07 Å². The fourth-order valence-corrected chi connectivity index (χ4v) is 2.19. The van der Waals surface area contributed by atoms with E-state index in [0.717, 1.165) is 16.8 Å². The first-order chi connectivity index (χ1) is 9.15. The number of nitrogen functional groups attached to an aromatic ring is 1. The normalized spacial score (nSPS) is 21.3. The molecule has 1 aliphatic heterocycles. The zero-order valence-electron chi connectivity index (χ0n) is 10.0. The summed E-state index contributed by atoms with van der Waals surface area (Å²) in [5.74, 6) is -0.147. The number of aromatic nitrogens is 1. The van der Waals surface area contributed by atoms with Crippen molar-refractivity contribution in [1.29, 1.82) is 0 Å². The Labute approximate surface area is 109 Å². The molecule has 0 amide bonds. The van der Waals surface area contributed by atoms with Crippen LogP contribution >= 0.6 is 0 Å². The van der Waals surface area contributed by atoms with Crippen LogP contribution in [-0.2, 0) is 0 Å². The zero-order chi connectivity index (χ0) is 13.4. The smallest absolute Gasteiger partial charge is 0.236 e. The van der Waals surface area contributed by atoms with Crippen molar-refractivity contribution in [2.75, 3.05) is 5.73 Å². The van der Waals surface area contributed by atoms with Crippen LogP contribution in [0.15, 0.2) is 40.1 Å². The highest BCUT2D eigenvalue weighted by Crippen LogP contribution is 2.33. The van der Waals surface area contributed by atoms with Crippen LogP contribution < -0.4 is 11.5 Å². The molecule has 0 bridgehead atoms. The van der Waals surface area contributed by atoms with Crippen molar-refractivity contribution >= 4 is 23.4 Å². The number of halogens is 1. The molecule has 0 fully saturated rings. The van der Waals surface area contributed by atoms with Gasteiger partial charge in [-0.1, -0.05) is 6.08 Å². The van der Waals surface area contributed by atoms with E-state index in [-0.39, 0.29) is 11.6 Å². The number of nitrogens with zero attached hydrogens (tertiary/aromatic N) is 3. The topological polar surface area (TPSA) is 89.6 Å². The molecule has 2 heterocycles. The van der Waals surface area contributed by atoms with Crippen LogP contribution in [-0.4, -0.2) is 17.2 Å². The van der Waals surface area contributed by atoms with Gasteiger partial charge in [0.1, 0.15) is 12.2 Å². The standard InChI is InChI=1S/C13H12FN5/c14-12-10(15)4-8(5-17-12)7-1-2-11-9(3-7)13(16)19-6-18-11/h1-2,4-6,9H,3,15H2,(H2,16,18,19). The molecule has 96 valence electrons. The quantitative estimate of drug-likeness (QED) is 0.747. The molecule has 2 aliphatic rings. The summed E-state index contributed by atoms with van der Waals surface area (Å²) in [6.45, 7) is 0. The van der Waals surface area contributed by atoms with E-state index < -0.39 is 5.95 Å². The number of hydrogen-bond donors (Lipinski definition) is 2. The maximum Gasteiger partial charge on any atom is 0.236 e. The third-order valence-electron chi connectivity index (χ3n) is 3.24. The van der Waals surface area contributed by atoms with Crippen LogP contribution in [0.2, 0.25) is 0 Å². The molecule has 1 unspecified atom stereocenters. The molecule has 0 radical (unpaired) electrons. The highest BCUT2D eigenvalue weighted by molar-refractivity contribution is 5.95. The van der Waals surface area contributed by atoms with Crippen molar-refractivity contribution in [2.45, 2.75) is 6.42 Å². The Hall–Kier alpha value is -2.50. The van der Waals surface area contributed by atoms with Gasteiger partial charge in [0.25, 0.3) is 0 Å². The highest BCUT2D eigenvalue weighted by Gasteiger charge is 2.25. The second-order valence-electron chi connectivity index (χ2n) is 4.44. The van der Waals surface area contributed by atoms with Crippen LogP contribution in [0.1, 0.15) is 12.0 Å². The Balaban J connectivity index is 1.97. The molecule has 3 rings (SSSR count). The molecule has 19 heavy (non-hydrogen) atoms. The van der Waals surface area contributed by atoms with Crippen LogP contribution in [0.3, 0.4) is 0 Å². The molecule has 0 saturated carbocycles. The molecule has 1 aromatic heterocycles. The average molecular weight is 257 g/mol. The number of allylic oxidation sites excluding steroid dienone is 3. The van der Waals surface area contributed by atoms with Gasteiger partial charge >= 0.3 is 0 Å². The highest BCUT2D eigenvalue weighted by atomic mass is 19.1. The lowest BCUT2D eigenvalue weighted by Crippen LogP contribution is -2.28. The van der Waals surface area contributed by atoms with Gasteiger partial charge in [0.05, 0.1) is 17.3 Å². The number of aliphatic imine (C=N–C) groups is 2.